The Kier molecular flexibility index (Phi) is 5.00. The lowest BCUT2D eigenvalue weighted by atomic mass is 9.85. The fourth-order valence-corrected chi connectivity index (χ4v) is 5.23. The van der Waals surface area contributed by atoms with Gasteiger partial charge >= 0.3 is 5.88 Å². The zero-order valence-corrected chi connectivity index (χ0v) is 17.5. The van der Waals surface area contributed by atoms with Crippen molar-refractivity contribution >= 4 is 35.0 Å². The first-order valence-electron chi connectivity index (χ1n) is 10.6. The highest BCUT2D eigenvalue weighted by Crippen LogP contribution is 2.54. The minimum Gasteiger partial charge on any atom is -0.404 e. The van der Waals surface area contributed by atoms with E-state index in [9.17, 15) is 34.6 Å². The summed E-state index contributed by atoms with van der Waals surface area (Å²) >= 11 is 0. The van der Waals surface area contributed by atoms with Crippen LogP contribution < -0.4 is 5.32 Å². The molecule has 2 heterocycles. The topological polar surface area (TPSA) is 166 Å². The van der Waals surface area contributed by atoms with E-state index < -0.39 is 57.8 Å². The number of amides is 3. The first kappa shape index (κ1) is 21.5. The van der Waals surface area contributed by atoms with E-state index in [-0.39, 0.29) is 29.0 Å². The molecule has 1 aliphatic heterocycles. The third-order valence-corrected chi connectivity index (χ3v) is 6.68. The molecule has 2 bridgehead atoms. The van der Waals surface area contributed by atoms with E-state index in [0.717, 1.165) is 17.4 Å². The van der Waals surface area contributed by atoms with E-state index in [1.807, 2.05) is 12.2 Å². The second-order valence-electron chi connectivity index (χ2n) is 8.55. The molecule has 1 aromatic carbocycles. The number of nitrogens with zero attached hydrogens (tertiary/aromatic N) is 3. The lowest BCUT2D eigenvalue weighted by molar-refractivity contribution is -0.402. The molecule has 2 fully saturated rings. The van der Waals surface area contributed by atoms with Gasteiger partial charge in [-0.2, -0.15) is 0 Å². The molecule has 174 valence electrons. The number of nitrogens with one attached hydrogen (secondary N) is 1. The predicted octanol–water partition coefficient (Wildman–Crippen LogP) is 2.97. The van der Waals surface area contributed by atoms with Crippen LogP contribution >= 0.6 is 0 Å². The van der Waals surface area contributed by atoms with Crippen molar-refractivity contribution in [2.45, 2.75) is 18.9 Å². The molecular weight excluding hydrogens is 448 g/mol. The lowest BCUT2D eigenvalue weighted by Gasteiger charge is -2.25. The number of fused-ring (bicyclic) bond motifs is 5. The number of hydrogen-bond donors (Lipinski definition) is 1. The van der Waals surface area contributed by atoms with Crippen molar-refractivity contribution in [2.75, 3.05) is 5.32 Å². The van der Waals surface area contributed by atoms with Crippen LogP contribution in [0.1, 0.15) is 24.6 Å². The van der Waals surface area contributed by atoms with Crippen LogP contribution in [0.4, 0.5) is 17.3 Å². The second-order valence-corrected chi connectivity index (χ2v) is 8.55. The Hall–Kier alpha value is -4.35. The molecule has 1 N–H and O–H groups in total. The zero-order valence-electron chi connectivity index (χ0n) is 17.5. The summed E-state index contributed by atoms with van der Waals surface area (Å²) < 4.78 is 5.29. The average Bonchev–Trinajstić information content (AvgIpc) is 3.57. The molecule has 0 radical (unpaired) electrons. The number of nitro benzene ring substituents is 1. The van der Waals surface area contributed by atoms with Gasteiger partial charge in [-0.25, -0.2) is 0 Å². The molecule has 2 aliphatic carbocycles. The Balaban J connectivity index is 1.41. The van der Waals surface area contributed by atoms with Gasteiger partial charge in [-0.1, -0.05) is 12.2 Å². The molecule has 3 aliphatic rings. The van der Waals surface area contributed by atoms with E-state index in [4.69, 9.17) is 4.42 Å². The van der Waals surface area contributed by atoms with E-state index in [0.29, 0.717) is 0 Å². The van der Waals surface area contributed by atoms with Crippen molar-refractivity contribution in [3.05, 3.63) is 74.5 Å². The number of carbonyl (C=O) groups is 3. The summed E-state index contributed by atoms with van der Waals surface area (Å²) in [4.78, 5) is 61.0. The number of nitro groups is 2. The number of imide groups is 1. The van der Waals surface area contributed by atoms with Crippen LogP contribution in [0.25, 0.3) is 0 Å². The Bertz CT molecular complexity index is 1220. The molecule has 5 rings (SSSR count). The number of non-ortho nitro benzene ring substituents is 1. The second kappa shape index (κ2) is 7.90. The van der Waals surface area contributed by atoms with Crippen LogP contribution in [-0.2, 0) is 14.4 Å². The summed E-state index contributed by atoms with van der Waals surface area (Å²) in [6.07, 6.45) is 4.21. The van der Waals surface area contributed by atoms with Crippen molar-refractivity contribution in [3.8, 4) is 0 Å². The summed E-state index contributed by atoms with van der Waals surface area (Å²) in [5.74, 6) is -3.16. The smallest absolute Gasteiger partial charge is 0.404 e. The zero-order chi connectivity index (χ0) is 24.1. The van der Waals surface area contributed by atoms with Crippen LogP contribution in [-0.4, -0.2) is 32.5 Å². The molecule has 5 unspecified atom stereocenters. The van der Waals surface area contributed by atoms with Gasteiger partial charge in [0, 0.05) is 17.8 Å². The predicted molar refractivity (Wildman–Crippen MR) is 114 cm³/mol. The summed E-state index contributed by atoms with van der Waals surface area (Å²) in [6, 6.07) is 6.36. The van der Waals surface area contributed by atoms with Crippen LogP contribution in [0.2, 0.25) is 0 Å². The number of furan rings is 1. The van der Waals surface area contributed by atoms with Crippen LogP contribution in [0.15, 0.2) is 53.0 Å². The maximum Gasteiger partial charge on any atom is 0.433 e. The van der Waals surface area contributed by atoms with Crippen LogP contribution in [0.3, 0.4) is 0 Å². The van der Waals surface area contributed by atoms with Crippen molar-refractivity contribution in [3.63, 3.8) is 0 Å². The maximum absolute atomic E-state index is 13.3. The van der Waals surface area contributed by atoms with Crippen molar-refractivity contribution in [1.82, 2.24) is 4.90 Å². The highest BCUT2D eigenvalue weighted by molar-refractivity contribution is 6.07. The molecule has 1 saturated heterocycles. The van der Waals surface area contributed by atoms with Gasteiger partial charge in [0.05, 0.1) is 29.2 Å². The normalized spacial score (nSPS) is 25.5. The number of benzene rings is 1. The molecule has 5 atom stereocenters. The van der Waals surface area contributed by atoms with Gasteiger partial charge in [0.25, 0.3) is 5.69 Å². The van der Waals surface area contributed by atoms with E-state index in [1.54, 1.807) is 0 Å². The monoisotopic (exact) mass is 466 g/mol. The molecule has 3 amide bonds. The molecule has 34 heavy (non-hydrogen) atoms. The van der Waals surface area contributed by atoms with Gasteiger partial charge in [0.15, 0.2) is 0 Å². The third-order valence-electron chi connectivity index (χ3n) is 6.68. The molecule has 2 aromatic rings. The summed E-state index contributed by atoms with van der Waals surface area (Å²) in [5, 5.41) is 24.5. The Labute approximate surface area is 191 Å². The fourth-order valence-electron chi connectivity index (χ4n) is 5.23. The van der Waals surface area contributed by atoms with Gasteiger partial charge in [0.1, 0.15) is 16.7 Å². The fraction of sp³-hybridized carbons (Fsp3) is 0.318. The number of allylic oxidation sites excluding steroid dienone is 2. The van der Waals surface area contributed by atoms with Gasteiger partial charge in [-0.05, 0) is 36.5 Å². The molecular formula is C22H18N4O8. The Morgan fingerprint density at radius 2 is 1.62 bits per heavy atom. The third kappa shape index (κ3) is 3.43. The first-order valence-corrected chi connectivity index (χ1v) is 10.6. The number of likely N-dealkylation sites (tertiary alicyclic amines) is 1. The van der Waals surface area contributed by atoms with Gasteiger partial charge < -0.3 is 9.73 Å². The van der Waals surface area contributed by atoms with Crippen molar-refractivity contribution in [2.24, 2.45) is 23.7 Å². The van der Waals surface area contributed by atoms with Gasteiger partial charge in [-0.3, -0.25) is 39.5 Å². The minimum atomic E-state index is -1.17. The molecule has 12 heteroatoms. The minimum absolute atomic E-state index is 0.0445. The van der Waals surface area contributed by atoms with E-state index in [1.165, 1.54) is 30.3 Å². The van der Waals surface area contributed by atoms with E-state index >= 15 is 0 Å². The van der Waals surface area contributed by atoms with Crippen LogP contribution in [0, 0.1) is 43.9 Å². The summed E-state index contributed by atoms with van der Waals surface area (Å²) in [5.41, 5.74) is 0.125. The Morgan fingerprint density at radius 1 is 1.00 bits per heavy atom. The highest BCUT2D eigenvalue weighted by atomic mass is 16.6. The standard InChI is InChI=1S/C22H18N4O8/c27-17(23-13-3-5-14(6-4-13)25(30)31)10-15(16-7-8-18(34-16)26(32)33)24-21(28)19-11-1-2-12(9-11)20(19)22(24)29/h1-8,11-12,15,19-20H,9-10H2,(H,23,27). The molecule has 1 saturated carbocycles. The van der Waals surface area contributed by atoms with Crippen molar-refractivity contribution < 1.29 is 28.6 Å². The first-order chi connectivity index (χ1) is 16.2. The lowest BCUT2D eigenvalue weighted by Crippen LogP contribution is -2.38. The van der Waals surface area contributed by atoms with Gasteiger partial charge in [0.2, 0.25) is 17.7 Å². The molecule has 1 aromatic heterocycles. The number of hydrogen-bond acceptors (Lipinski definition) is 8. The Morgan fingerprint density at radius 3 is 2.15 bits per heavy atom. The quantitative estimate of drug-likeness (QED) is 0.281. The number of anilines is 1. The highest BCUT2D eigenvalue weighted by Gasteiger charge is 2.61. The molecule has 0 spiro atoms. The average molecular weight is 466 g/mol. The SMILES string of the molecule is O=C(CC(c1ccc([N+](=O)[O-])o1)N1C(=O)C2C3C=CC(C3)C2C1=O)Nc1ccc([N+](=O)[O-])cc1. The number of rotatable bonds is 7. The molecule has 12 nitrogen and oxygen atoms in total. The summed E-state index contributed by atoms with van der Waals surface area (Å²) in [6.45, 7) is 0. The largest absolute Gasteiger partial charge is 0.433 e. The summed E-state index contributed by atoms with van der Waals surface area (Å²) in [7, 11) is 0. The van der Waals surface area contributed by atoms with Gasteiger partial charge in [-0.15, -0.1) is 0 Å². The maximum atomic E-state index is 13.3. The van der Waals surface area contributed by atoms with Crippen molar-refractivity contribution in [1.29, 1.82) is 0 Å². The van der Waals surface area contributed by atoms with E-state index in [2.05, 4.69) is 5.32 Å². The van der Waals surface area contributed by atoms with Crippen LogP contribution in [0.5, 0.6) is 0 Å². The number of carbonyl (C=O) groups excluding carboxylic acids is 3.